The Kier molecular flexibility index (Phi) is 4.47. The first-order valence-corrected chi connectivity index (χ1v) is 7.27. The molecule has 4 heteroatoms. The van der Waals surface area contributed by atoms with E-state index in [4.69, 9.17) is 11.6 Å². The summed E-state index contributed by atoms with van der Waals surface area (Å²) in [6.45, 7) is 0. The number of hydrogen-bond donors (Lipinski definition) is 1. The fourth-order valence-corrected chi connectivity index (χ4v) is 2.23. The highest BCUT2D eigenvalue weighted by Crippen LogP contribution is 2.14. The molecule has 0 saturated carbocycles. The maximum absolute atomic E-state index is 5.97. The van der Waals surface area contributed by atoms with Crippen LogP contribution in [-0.2, 0) is 0 Å². The average Bonchev–Trinajstić information content (AvgIpc) is 2.57. The Balaban J connectivity index is 1.97. The van der Waals surface area contributed by atoms with Crippen LogP contribution >= 0.6 is 11.6 Å². The highest BCUT2D eigenvalue weighted by molar-refractivity contribution is 6.30. The number of rotatable bonds is 4. The predicted molar refractivity (Wildman–Crippen MR) is 91.4 cm³/mol. The van der Waals surface area contributed by atoms with Crippen molar-refractivity contribution >= 4 is 23.1 Å². The van der Waals surface area contributed by atoms with E-state index in [2.05, 4.69) is 15.5 Å². The number of pyridine rings is 1. The zero-order chi connectivity index (χ0) is 15.2. The molecular formula is C18H14ClN3. The molecule has 2 aromatic carbocycles. The minimum absolute atomic E-state index is 0.608. The van der Waals surface area contributed by atoms with Gasteiger partial charge in [-0.15, -0.1) is 0 Å². The molecule has 0 aliphatic carbocycles. The molecule has 3 nitrogen and oxygen atoms in total. The molecule has 1 heterocycles. The number of hydrogen-bond acceptors (Lipinski definition) is 3. The maximum atomic E-state index is 5.97. The summed E-state index contributed by atoms with van der Waals surface area (Å²) in [4.78, 5) is 4.20. The van der Waals surface area contributed by atoms with Gasteiger partial charge in [0.25, 0.3) is 0 Å². The third-order valence-corrected chi connectivity index (χ3v) is 3.33. The van der Waals surface area contributed by atoms with Gasteiger partial charge in [0.2, 0.25) is 0 Å². The zero-order valence-electron chi connectivity index (χ0n) is 11.8. The number of nitrogens with one attached hydrogen (secondary N) is 1. The van der Waals surface area contributed by atoms with Gasteiger partial charge in [-0.2, -0.15) is 5.10 Å². The Hall–Kier alpha value is -2.65. The molecule has 3 rings (SSSR count). The average molecular weight is 308 g/mol. The Morgan fingerprint density at radius 3 is 2.00 bits per heavy atom. The quantitative estimate of drug-likeness (QED) is 0.565. The molecule has 0 unspecified atom stereocenters. The van der Waals surface area contributed by atoms with Gasteiger partial charge in [0, 0.05) is 28.4 Å². The summed E-state index contributed by atoms with van der Waals surface area (Å²) in [5, 5.41) is 5.14. The van der Waals surface area contributed by atoms with E-state index in [0.717, 1.165) is 16.8 Å². The Morgan fingerprint density at radius 1 is 0.864 bits per heavy atom. The highest BCUT2D eigenvalue weighted by Gasteiger charge is 2.06. The lowest BCUT2D eigenvalue weighted by Crippen LogP contribution is -2.06. The lowest BCUT2D eigenvalue weighted by atomic mass is 10.0. The largest absolute Gasteiger partial charge is 0.261 e. The second-order valence-electron chi connectivity index (χ2n) is 4.66. The standard InChI is InChI=1S/C18H14ClN3/c19-16-11-12-20-17(13-16)21-22-18(14-7-3-1-4-8-14)15-9-5-2-6-10-15/h1-13H,(H,20,21). The van der Waals surface area contributed by atoms with Crippen molar-refractivity contribution in [1.82, 2.24) is 4.98 Å². The third kappa shape index (κ3) is 3.51. The van der Waals surface area contributed by atoms with Crippen molar-refractivity contribution in [3.8, 4) is 0 Å². The molecule has 0 atom stereocenters. The van der Waals surface area contributed by atoms with Crippen molar-refractivity contribution in [3.63, 3.8) is 0 Å². The zero-order valence-corrected chi connectivity index (χ0v) is 12.5. The molecular weight excluding hydrogens is 294 g/mol. The van der Waals surface area contributed by atoms with E-state index >= 15 is 0 Å². The van der Waals surface area contributed by atoms with Crippen LogP contribution in [0.4, 0.5) is 5.82 Å². The lowest BCUT2D eigenvalue weighted by Gasteiger charge is -2.08. The second kappa shape index (κ2) is 6.87. The molecule has 0 aliphatic rings. The van der Waals surface area contributed by atoms with Crippen LogP contribution in [0.25, 0.3) is 0 Å². The summed E-state index contributed by atoms with van der Waals surface area (Å²) in [6, 6.07) is 23.5. The number of anilines is 1. The Labute approximate surface area is 134 Å². The van der Waals surface area contributed by atoms with Crippen LogP contribution in [0.1, 0.15) is 11.1 Å². The van der Waals surface area contributed by atoms with Crippen molar-refractivity contribution in [3.05, 3.63) is 95.1 Å². The van der Waals surface area contributed by atoms with Crippen LogP contribution in [0.2, 0.25) is 5.02 Å². The molecule has 0 saturated heterocycles. The fourth-order valence-electron chi connectivity index (χ4n) is 2.07. The van der Waals surface area contributed by atoms with Crippen molar-refractivity contribution in [2.75, 3.05) is 5.43 Å². The number of halogens is 1. The van der Waals surface area contributed by atoms with Crippen molar-refractivity contribution < 1.29 is 0 Å². The summed E-state index contributed by atoms with van der Waals surface area (Å²) in [7, 11) is 0. The van der Waals surface area contributed by atoms with Gasteiger partial charge >= 0.3 is 0 Å². The monoisotopic (exact) mass is 307 g/mol. The van der Waals surface area contributed by atoms with E-state index in [1.165, 1.54) is 0 Å². The van der Waals surface area contributed by atoms with Crippen molar-refractivity contribution in [2.45, 2.75) is 0 Å². The van der Waals surface area contributed by atoms with Gasteiger partial charge < -0.3 is 0 Å². The molecule has 0 amide bonds. The molecule has 0 spiro atoms. The molecule has 0 radical (unpaired) electrons. The molecule has 0 bridgehead atoms. The number of hydrazone groups is 1. The topological polar surface area (TPSA) is 37.3 Å². The molecule has 1 N–H and O–H groups in total. The minimum Gasteiger partial charge on any atom is -0.261 e. The molecule has 3 aromatic rings. The number of nitrogens with zero attached hydrogens (tertiary/aromatic N) is 2. The van der Waals surface area contributed by atoms with Crippen LogP contribution in [-0.4, -0.2) is 10.7 Å². The van der Waals surface area contributed by atoms with Gasteiger partial charge in [0.05, 0.1) is 5.71 Å². The maximum Gasteiger partial charge on any atom is 0.147 e. The summed E-state index contributed by atoms with van der Waals surface area (Å²) in [5.41, 5.74) is 5.89. The van der Waals surface area contributed by atoms with E-state index < -0.39 is 0 Å². The minimum atomic E-state index is 0.608. The predicted octanol–water partition coefficient (Wildman–Crippen LogP) is 4.60. The molecule has 22 heavy (non-hydrogen) atoms. The van der Waals surface area contributed by atoms with Crippen LogP contribution in [0.3, 0.4) is 0 Å². The Morgan fingerprint density at radius 2 is 1.45 bits per heavy atom. The van der Waals surface area contributed by atoms with Crippen molar-refractivity contribution in [1.29, 1.82) is 0 Å². The molecule has 0 aliphatic heterocycles. The van der Waals surface area contributed by atoms with Gasteiger partial charge in [-0.05, 0) is 6.07 Å². The Bertz CT molecular complexity index is 729. The van der Waals surface area contributed by atoms with Crippen LogP contribution in [0, 0.1) is 0 Å². The normalized spacial score (nSPS) is 10.0. The smallest absolute Gasteiger partial charge is 0.147 e. The van der Waals surface area contributed by atoms with Gasteiger partial charge in [0.15, 0.2) is 0 Å². The fraction of sp³-hybridized carbons (Fsp3) is 0. The molecule has 0 fully saturated rings. The van der Waals surface area contributed by atoms with E-state index in [9.17, 15) is 0 Å². The van der Waals surface area contributed by atoms with E-state index in [1.807, 2.05) is 60.7 Å². The molecule has 1 aromatic heterocycles. The number of aromatic nitrogens is 1. The van der Waals surface area contributed by atoms with Crippen molar-refractivity contribution in [2.24, 2.45) is 5.10 Å². The van der Waals surface area contributed by atoms with Gasteiger partial charge in [-0.3, -0.25) is 5.43 Å². The summed E-state index contributed by atoms with van der Waals surface area (Å²) >= 11 is 5.97. The first-order valence-electron chi connectivity index (χ1n) is 6.89. The van der Waals surface area contributed by atoms with E-state index in [-0.39, 0.29) is 0 Å². The first-order chi connectivity index (χ1) is 10.8. The number of benzene rings is 2. The SMILES string of the molecule is Clc1ccnc(NN=C(c2ccccc2)c2ccccc2)c1. The third-order valence-electron chi connectivity index (χ3n) is 3.10. The highest BCUT2D eigenvalue weighted by atomic mass is 35.5. The van der Waals surface area contributed by atoms with Gasteiger partial charge in [-0.25, -0.2) is 4.98 Å². The van der Waals surface area contributed by atoms with E-state index in [0.29, 0.717) is 10.8 Å². The first kappa shape index (κ1) is 14.3. The van der Waals surface area contributed by atoms with Gasteiger partial charge in [0.1, 0.15) is 5.82 Å². The van der Waals surface area contributed by atoms with E-state index in [1.54, 1.807) is 18.3 Å². The summed E-state index contributed by atoms with van der Waals surface area (Å²) in [6.07, 6.45) is 1.64. The van der Waals surface area contributed by atoms with Gasteiger partial charge in [-0.1, -0.05) is 72.3 Å². The summed E-state index contributed by atoms with van der Waals surface area (Å²) in [5.74, 6) is 0.608. The molecule has 108 valence electrons. The second-order valence-corrected chi connectivity index (χ2v) is 5.10. The lowest BCUT2D eigenvalue weighted by molar-refractivity contribution is 1.22. The van der Waals surface area contributed by atoms with Crippen LogP contribution in [0.5, 0.6) is 0 Å². The van der Waals surface area contributed by atoms with Crippen LogP contribution < -0.4 is 5.43 Å². The van der Waals surface area contributed by atoms with Crippen LogP contribution in [0.15, 0.2) is 84.1 Å². The summed E-state index contributed by atoms with van der Waals surface area (Å²) < 4.78 is 0.